The molecule has 1 atom stereocenters. The molecule has 1 aliphatic carbocycles. The van der Waals surface area contributed by atoms with Crippen LogP contribution in [0.25, 0.3) is 27.8 Å². The number of morpholine rings is 1. The van der Waals surface area contributed by atoms with Crippen molar-refractivity contribution >= 4 is 39.6 Å². The topological polar surface area (TPSA) is 110 Å². The van der Waals surface area contributed by atoms with Crippen LogP contribution in [0.5, 0.6) is 0 Å². The zero-order chi connectivity index (χ0) is 23.2. The van der Waals surface area contributed by atoms with Gasteiger partial charge in [0.1, 0.15) is 11.6 Å². The summed E-state index contributed by atoms with van der Waals surface area (Å²) in [5.74, 6) is 1.92. The molecule has 6 rings (SSSR count). The second kappa shape index (κ2) is 8.21. The molecule has 1 aliphatic heterocycles. The number of pyridine rings is 3. The first-order valence-corrected chi connectivity index (χ1v) is 11.6. The molecule has 1 saturated carbocycles. The Morgan fingerprint density at radius 3 is 2.85 bits per heavy atom. The Hall–Kier alpha value is -3.79. The monoisotopic (exact) mass is 458 g/mol. The Kier molecular flexibility index (Phi) is 5.02. The van der Waals surface area contributed by atoms with E-state index in [1.807, 2.05) is 25.4 Å². The number of amides is 1. The van der Waals surface area contributed by atoms with E-state index in [9.17, 15) is 4.79 Å². The fourth-order valence-corrected chi connectivity index (χ4v) is 4.38. The van der Waals surface area contributed by atoms with Crippen LogP contribution in [-0.4, -0.2) is 63.3 Å². The third-order valence-corrected chi connectivity index (χ3v) is 6.37. The minimum absolute atomic E-state index is 0.0205. The van der Waals surface area contributed by atoms with Gasteiger partial charge in [-0.3, -0.25) is 4.79 Å². The van der Waals surface area contributed by atoms with Crippen LogP contribution in [0.3, 0.4) is 0 Å². The second-order valence-corrected chi connectivity index (χ2v) is 8.90. The lowest BCUT2D eigenvalue weighted by Gasteiger charge is -2.32. The van der Waals surface area contributed by atoms with Crippen LogP contribution >= 0.6 is 0 Å². The van der Waals surface area contributed by atoms with E-state index in [2.05, 4.69) is 38.5 Å². The van der Waals surface area contributed by atoms with Crippen molar-refractivity contribution in [3.8, 4) is 11.4 Å². The van der Waals surface area contributed by atoms with E-state index >= 15 is 0 Å². The third kappa shape index (κ3) is 3.79. The van der Waals surface area contributed by atoms with Crippen molar-refractivity contribution in [2.75, 3.05) is 42.3 Å². The van der Waals surface area contributed by atoms with E-state index in [0.717, 1.165) is 53.6 Å². The van der Waals surface area contributed by atoms with Gasteiger partial charge in [0.25, 0.3) is 0 Å². The Balaban J connectivity index is 1.40. The number of fused-ring (bicyclic) bond motifs is 2. The molecule has 10 heteroatoms. The van der Waals surface area contributed by atoms with Crippen LogP contribution in [0.4, 0.5) is 17.3 Å². The highest BCUT2D eigenvalue weighted by Gasteiger charge is 2.30. The summed E-state index contributed by atoms with van der Waals surface area (Å²) >= 11 is 0. The average molecular weight is 459 g/mol. The molecule has 2 aliphatic rings. The number of carbonyl (C=O) groups excluding carboxylic acids is 1. The molecule has 10 nitrogen and oxygen atoms in total. The van der Waals surface area contributed by atoms with Gasteiger partial charge in [-0.05, 0) is 38.0 Å². The van der Waals surface area contributed by atoms with Gasteiger partial charge < -0.3 is 20.3 Å². The molecule has 0 spiro atoms. The predicted octanol–water partition coefficient (Wildman–Crippen LogP) is 2.95. The van der Waals surface area contributed by atoms with Gasteiger partial charge in [-0.25, -0.2) is 19.5 Å². The average Bonchev–Trinajstić information content (AvgIpc) is 3.62. The largest absolute Gasteiger partial charge is 0.375 e. The lowest BCUT2D eigenvalue weighted by molar-refractivity contribution is -0.117. The third-order valence-electron chi connectivity index (χ3n) is 6.37. The molecule has 0 radical (unpaired) electrons. The Morgan fingerprint density at radius 2 is 2.06 bits per heavy atom. The Labute approximate surface area is 196 Å². The van der Waals surface area contributed by atoms with Crippen LogP contribution < -0.4 is 15.5 Å². The van der Waals surface area contributed by atoms with Crippen molar-refractivity contribution in [1.29, 1.82) is 0 Å². The van der Waals surface area contributed by atoms with Crippen molar-refractivity contribution < 1.29 is 9.53 Å². The Bertz CT molecular complexity index is 1400. The summed E-state index contributed by atoms with van der Waals surface area (Å²) in [6.45, 7) is 4.49. The maximum Gasteiger partial charge on any atom is 0.228 e. The lowest BCUT2D eigenvalue weighted by Crippen LogP contribution is -2.41. The van der Waals surface area contributed by atoms with Gasteiger partial charge in [-0.15, -0.1) is 5.10 Å². The van der Waals surface area contributed by atoms with E-state index in [-0.39, 0.29) is 17.9 Å². The number of hydrogen-bond acceptors (Lipinski definition) is 8. The van der Waals surface area contributed by atoms with E-state index in [4.69, 9.17) is 14.8 Å². The molecule has 1 unspecified atom stereocenters. The van der Waals surface area contributed by atoms with Crippen LogP contribution in [-0.2, 0) is 9.53 Å². The zero-order valence-corrected chi connectivity index (χ0v) is 19.2. The first-order chi connectivity index (χ1) is 16.6. The highest BCUT2D eigenvalue weighted by Crippen LogP contribution is 2.33. The van der Waals surface area contributed by atoms with Crippen molar-refractivity contribution in [3.05, 3.63) is 36.8 Å². The molecule has 34 heavy (non-hydrogen) atoms. The van der Waals surface area contributed by atoms with E-state index in [1.165, 1.54) is 0 Å². The molecular weight excluding hydrogens is 432 g/mol. The number of ether oxygens (including phenoxy) is 1. The van der Waals surface area contributed by atoms with Crippen molar-refractivity contribution in [2.45, 2.75) is 25.9 Å². The Morgan fingerprint density at radius 1 is 1.18 bits per heavy atom. The summed E-state index contributed by atoms with van der Waals surface area (Å²) in [6, 6.07) is 5.92. The number of carbonyl (C=O) groups is 1. The summed E-state index contributed by atoms with van der Waals surface area (Å²) < 4.78 is 7.47. The summed E-state index contributed by atoms with van der Waals surface area (Å²) in [5.41, 5.74) is 2.62. The van der Waals surface area contributed by atoms with Crippen molar-refractivity contribution in [1.82, 2.24) is 24.6 Å². The van der Waals surface area contributed by atoms with Gasteiger partial charge in [0, 0.05) is 54.8 Å². The molecule has 174 valence electrons. The minimum atomic E-state index is 0.0205. The van der Waals surface area contributed by atoms with E-state index < -0.39 is 0 Å². The normalized spacial score (nSPS) is 18.4. The van der Waals surface area contributed by atoms with Gasteiger partial charge >= 0.3 is 0 Å². The molecule has 2 N–H and O–H groups in total. The molecule has 0 aromatic carbocycles. The summed E-state index contributed by atoms with van der Waals surface area (Å²) in [5, 5.41) is 12.5. The predicted molar refractivity (Wildman–Crippen MR) is 130 cm³/mol. The molecule has 1 amide bonds. The molecule has 4 aromatic rings. The van der Waals surface area contributed by atoms with Gasteiger partial charge in [0.05, 0.1) is 24.6 Å². The molecular formula is C24H26N8O2. The highest BCUT2D eigenvalue weighted by atomic mass is 16.5. The summed E-state index contributed by atoms with van der Waals surface area (Å²) in [7, 11) is 1.82. The van der Waals surface area contributed by atoms with Gasteiger partial charge in [0.15, 0.2) is 11.5 Å². The number of nitrogens with one attached hydrogen (secondary N) is 2. The molecule has 5 heterocycles. The number of anilines is 3. The number of rotatable bonds is 5. The van der Waals surface area contributed by atoms with E-state index in [0.29, 0.717) is 24.1 Å². The number of aromatic nitrogens is 5. The first-order valence-electron chi connectivity index (χ1n) is 11.6. The summed E-state index contributed by atoms with van der Waals surface area (Å²) in [6.07, 6.45) is 7.57. The van der Waals surface area contributed by atoms with Gasteiger partial charge in [0.2, 0.25) is 5.91 Å². The van der Waals surface area contributed by atoms with Crippen LogP contribution in [0, 0.1) is 5.92 Å². The number of hydrogen-bond donors (Lipinski definition) is 2. The highest BCUT2D eigenvalue weighted by molar-refractivity contribution is 6.03. The minimum Gasteiger partial charge on any atom is -0.375 e. The van der Waals surface area contributed by atoms with Crippen LogP contribution in [0.1, 0.15) is 19.8 Å². The fraction of sp³-hybridized carbons (Fsp3) is 0.375. The van der Waals surface area contributed by atoms with Gasteiger partial charge in [-0.2, -0.15) is 0 Å². The van der Waals surface area contributed by atoms with Crippen LogP contribution in [0.15, 0.2) is 36.8 Å². The van der Waals surface area contributed by atoms with Crippen molar-refractivity contribution in [3.63, 3.8) is 0 Å². The lowest BCUT2D eigenvalue weighted by atomic mass is 10.1. The number of nitrogens with zero attached hydrogens (tertiary/aromatic N) is 6. The second-order valence-electron chi connectivity index (χ2n) is 8.90. The maximum atomic E-state index is 12.3. The smallest absolute Gasteiger partial charge is 0.228 e. The SMILES string of the molecule is CNc1ncc(-c2nc3ccc(N4CCOC(C)C4)cn3n2)c2cc(NC(=O)C3CC3)ncc12. The quantitative estimate of drug-likeness (QED) is 0.470. The van der Waals surface area contributed by atoms with Crippen molar-refractivity contribution in [2.24, 2.45) is 5.92 Å². The first kappa shape index (κ1) is 20.8. The summed E-state index contributed by atoms with van der Waals surface area (Å²) in [4.78, 5) is 28.3. The molecule has 0 bridgehead atoms. The molecule has 2 fully saturated rings. The van der Waals surface area contributed by atoms with Crippen LogP contribution in [0.2, 0.25) is 0 Å². The van der Waals surface area contributed by atoms with Gasteiger partial charge in [-0.1, -0.05) is 0 Å². The maximum absolute atomic E-state index is 12.3. The molecule has 1 saturated heterocycles. The standard InChI is InChI=1S/C24H26N8O2/c1-14-12-31(7-8-34-14)16-5-6-21-29-23(30-32(21)13-16)19-11-27-22(25-2)18-10-26-20(9-17(18)19)28-24(33)15-3-4-15/h5-6,9-11,13-15H,3-4,7-8,12H2,1-2H3,(H,25,27)(H,26,28,33). The molecule has 4 aromatic heterocycles. The zero-order valence-electron chi connectivity index (χ0n) is 19.2. The van der Waals surface area contributed by atoms with E-state index in [1.54, 1.807) is 16.9 Å². The fourth-order valence-electron chi connectivity index (χ4n) is 4.38.